The van der Waals surface area contributed by atoms with Crippen molar-refractivity contribution in [3.05, 3.63) is 29.6 Å². The summed E-state index contributed by atoms with van der Waals surface area (Å²) in [5, 5.41) is 15.3. The molecule has 1 aromatic heterocycles. The monoisotopic (exact) mass is 371 g/mol. The zero-order valence-corrected chi connectivity index (χ0v) is 16.7. The SMILES string of the molecule is c1cc2nc(c1)CN[C@H]1CCCC[C@@H]1NCCN[C@H]1CCCC[C@@H]1NCC2. The number of nitrogens with one attached hydrogen (secondary N) is 4. The van der Waals surface area contributed by atoms with Crippen LogP contribution in [0.4, 0.5) is 0 Å². The summed E-state index contributed by atoms with van der Waals surface area (Å²) < 4.78 is 0. The summed E-state index contributed by atoms with van der Waals surface area (Å²) in [6.45, 7) is 4.05. The molecule has 2 bridgehead atoms. The van der Waals surface area contributed by atoms with Crippen molar-refractivity contribution in [3.63, 3.8) is 0 Å². The Morgan fingerprint density at radius 1 is 0.630 bits per heavy atom. The molecule has 0 spiro atoms. The van der Waals surface area contributed by atoms with Crippen LogP contribution in [0.3, 0.4) is 0 Å². The molecule has 2 aliphatic carbocycles. The zero-order chi connectivity index (χ0) is 18.3. The van der Waals surface area contributed by atoms with Gasteiger partial charge in [0, 0.05) is 62.5 Å². The third kappa shape index (κ3) is 5.50. The van der Waals surface area contributed by atoms with Gasteiger partial charge in [0.05, 0.1) is 5.69 Å². The Hall–Kier alpha value is -1.01. The summed E-state index contributed by atoms with van der Waals surface area (Å²) in [7, 11) is 0. The topological polar surface area (TPSA) is 61.0 Å². The van der Waals surface area contributed by atoms with E-state index in [4.69, 9.17) is 4.98 Å². The first-order valence-electron chi connectivity index (χ1n) is 11.3. The van der Waals surface area contributed by atoms with E-state index < -0.39 is 0 Å². The van der Waals surface area contributed by atoms with Gasteiger partial charge in [0.25, 0.3) is 0 Å². The van der Waals surface area contributed by atoms with Crippen LogP contribution in [0.1, 0.15) is 62.8 Å². The lowest BCUT2D eigenvalue weighted by Gasteiger charge is -2.35. The number of nitrogens with zero attached hydrogens (tertiary/aromatic N) is 1. The lowest BCUT2D eigenvalue weighted by molar-refractivity contribution is 0.265. The second kappa shape index (κ2) is 9.97. The molecule has 5 heteroatoms. The van der Waals surface area contributed by atoms with Gasteiger partial charge in [0.2, 0.25) is 0 Å². The van der Waals surface area contributed by atoms with Gasteiger partial charge in [-0.1, -0.05) is 31.7 Å². The Morgan fingerprint density at radius 3 is 1.78 bits per heavy atom. The third-order valence-corrected chi connectivity index (χ3v) is 6.67. The van der Waals surface area contributed by atoms with Gasteiger partial charge in [-0.25, -0.2) is 0 Å². The maximum Gasteiger partial charge on any atom is 0.0545 e. The van der Waals surface area contributed by atoms with Crippen molar-refractivity contribution in [1.29, 1.82) is 0 Å². The molecule has 2 fully saturated rings. The van der Waals surface area contributed by atoms with Crippen molar-refractivity contribution in [2.75, 3.05) is 19.6 Å². The minimum Gasteiger partial charge on any atom is -0.312 e. The molecule has 27 heavy (non-hydrogen) atoms. The van der Waals surface area contributed by atoms with Crippen LogP contribution in [-0.4, -0.2) is 48.8 Å². The first-order chi connectivity index (χ1) is 13.4. The van der Waals surface area contributed by atoms with Crippen LogP contribution in [0.2, 0.25) is 0 Å². The van der Waals surface area contributed by atoms with E-state index in [1.165, 1.54) is 62.8 Å². The summed E-state index contributed by atoms with van der Waals surface area (Å²) in [6.07, 6.45) is 11.6. The Bertz CT molecular complexity index is 578. The highest BCUT2D eigenvalue weighted by atomic mass is 15.1. The molecule has 2 saturated carbocycles. The average Bonchev–Trinajstić information content (AvgIpc) is 2.71. The van der Waals surface area contributed by atoms with Crippen LogP contribution in [0.15, 0.2) is 18.2 Å². The lowest BCUT2D eigenvalue weighted by atomic mass is 9.89. The molecule has 2 heterocycles. The molecule has 1 aliphatic heterocycles. The van der Waals surface area contributed by atoms with Crippen molar-refractivity contribution in [2.24, 2.45) is 0 Å². The first kappa shape index (κ1) is 19.3. The summed E-state index contributed by atoms with van der Waals surface area (Å²) in [4.78, 5) is 4.91. The number of rotatable bonds is 0. The predicted octanol–water partition coefficient (Wildman–Crippen LogP) is 2.12. The van der Waals surface area contributed by atoms with Crippen molar-refractivity contribution < 1.29 is 0 Å². The fourth-order valence-corrected chi connectivity index (χ4v) is 5.14. The van der Waals surface area contributed by atoms with Crippen molar-refractivity contribution in [1.82, 2.24) is 26.3 Å². The van der Waals surface area contributed by atoms with Crippen molar-refractivity contribution in [3.8, 4) is 0 Å². The van der Waals surface area contributed by atoms with E-state index in [1.807, 2.05) is 0 Å². The Balaban J connectivity index is 1.45. The molecular formula is C22H37N5. The second-order valence-corrected chi connectivity index (χ2v) is 8.61. The largest absolute Gasteiger partial charge is 0.312 e. The van der Waals surface area contributed by atoms with E-state index in [0.717, 1.165) is 32.6 Å². The lowest BCUT2D eigenvalue weighted by Crippen LogP contribution is -2.54. The number of aromatic nitrogens is 1. The van der Waals surface area contributed by atoms with E-state index in [1.54, 1.807) is 0 Å². The van der Waals surface area contributed by atoms with Gasteiger partial charge in [0.15, 0.2) is 0 Å². The van der Waals surface area contributed by atoms with E-state index in [9.17, 15) is 0 Å². The van der Waals surface area contributed by atoms with E-state index in [0.29, 0.717) is 24.2 Å². The normalized spacial score (nSPS) is 33.6. The first-order valence-corrected chi connectivity index (χ1v) is 11.3. The van der Waals surface area contributed by atoms with Crippen LogP contribution >= 0.6 is 0 Å². The minimum absolute atomic E-state index is 0.571. The average molecular weight is 372 g/mol. The highest BCUT2D eigenvalue weighted by Crippen LogP contribution is 2.20. The maximum atomic E-state index is 4.91. The Kier molecular flexibility index (Phi) is 7.13. The quantitative estimate of drug-likeness (QED) is 0.563. The summed E-state index contributed by atoms with van der Waals surface area (Å²) in [5.74, 6) is 0. The molecule has 4 rings (SSSR count). The summed E-state index contributed by atoms with van der Waals surface area (Å²) >= 11 is 0. The van der Waals surface area contributed by atoms with Crippen molar-refractivity contribution >= 4 is 0 Å². The smallest absolute Gasteiger partial charge is 0.0545 e. The van der Waals surface area contributed by atoms with Crippen LogP contribution < -0.4 is 21.3 Å². The molecule has 0 aromatic carbocycles. The molecule has 5 nitrogen and oxygen atoms in total. The second-order valence-electron chi connectivity index (χ2n) is 8.61. The molecular weight excluding hydrogens is 334 g/mol. The molecule has 0 unspecified atom stereocenters. The van der Waals surface area contributed by atoms with Crippen LogP contribution in [0.25, 0.3) is 0 Å². The fraction of sp³-hybridized carbons (Fsp3) is 0.773. The fourth-order valence-electron chi connectivity index (χ4n) is 5.14. The van der Waals surface area contributed by atoms with Gasteiger partial charge >= 0.3 is 0 Å². The van der Waals surface area contributed by atoms with Crippen LogP contribution in [0.5, 0.6) is 0 Å². The zero-order valence-electron chi connectivity index (χ0n) is 16.7. The summed E-state index contributed by atoms with van der Waals surface area (Å²) in [5.41, 5.74) is 2.40. The molecule has 4 N–H and O–H groups in total. The van der Waals surface area contributed by atoms with Gasteiger partial charge in [0.1, 0.15) is 0 Å². The number of pyridine rings is 1. The van der Waals surface area contributed by atoms with Gasteiger partial charge in [-0.3, -0.25) is 4.98 Å². The van der Waals surface area contributed by atoms with Gasteiger partial charge in [-0.15, -0.1) is 0 Å². The molecule has 1 aromatic rings. The van der Waals surface area contributed by atoms with E-state index in [-0.39, 0.29) is 0 Å². The van der Waals surface area contributed by atoms with Gasteiger partial charge < -0.3 is 21.3 Å². The number of hydrogen-bond acceptors (Lipinski definition) is 5. The molecule has 0 saturated heterocycles. The van der Waals surface area contributed by atoms with Crippen LogP contribution in [-0.2, 0) is 13.0 Å². The van der Waals surface area contributed by atoms with E-state index in [2.05, 4.69) is 39.5 Å². The molecule has 4 atom stereocenters. The van der Waals surface area contributed by atoms with Crippen molar-refractivity contribution in [2.45, 2.75) is 88.5 Å². The van der Waals surface area contributed by atoms with Gasteiger partial charge in [-0.2, -0.15) is 0 Å². The molecule has 150 valence electrons. The van der Waals surface area contributed by atoms with E-state index >= 15 is 0 Å². The minimum atomic E-state index is 0.571. The Labute approximate surface area is 164 Å². The summed E-state index contributed by atoms with van der Waals surface area (Å²) in [6, 6.07) is 8.91. The number of fused-ring (bicyclic) bond motifs is 4. The predicted molar refractivity (Wildman–Crippen MR) is 111 cm³/mol. The molecule has 3 aliphatic rings. The maximum absolute atomic E-state index is 4.91. The third-order valence-electron chi connectivity index (χ3n) is 6.67. The molecule has 0 amide bonds. The molecule has 0 radical (unpaired) electrons. The Morgan fingerprint density at radius 2 is 1.15 bits per heavy atom. The standard InChI is InChI=1S/C22H37N5/c1-2-9-20-19(8-1)23-13-12-17-6-5-7-18(27-17)16-26-22-11-4-3-10-21(22)25-15-14-24-20/h5-7,19-26H,1-4,8-16H2/t19-,20-,21-,22-/m0/s1. The van der Waals surface area contributed by atoms with Crippen LogP contribution in [0, 0.1) is 0 Å². The highest BCUT2D eigenvalue weighted by Gasteiger charge is 2.26. The number of hydrogen-bond donors (Lipinski definition) is 4. The van der Waals surface area contributed by atoms with Gasteiger partial charge in [-0.05, 0) is 37.8 Å². The highest BCUT2D eigenvalue weighted by molar-refractivity contribution is 5.12.